The summed E-state index contributed by atoms with van der Waals surface area (Å²) in [4.78, 5) is 44.8. The number of Topliss-reactive ketones (excluding diaryl/α,β-unsaturated/α-hetero) is 1. The Labute approximate surface area is 132 Å². The van der Waals surface area contributed by atoms with Crippen LogP contribution in [0, 0.1) is 5.92 Å². The summed E-state index contributed by atoms with van der Waals surface area (Å²) >= 11 is 0. The van der Waals surface area contributed by atoms with Gasteiger partial charge in [-0.2, -0.15) is 0 Å². The topological polar surface area (TPSA) is 121 Å². The summed E-state index contributed by atoms with van der Waals surface area (Å²) in [5, 5.41) is 19.5. The van der Waals surface area contributed by atoms with Gasteiger partial charge < -0.3 is 19.7 Å². The average Bonchev–Trinajstić information content (AvgIpc) is 2.50. The van der Waals surface area contributed by atoms with Crippen LogP contribution in [0.25, 0.3) is 0 Å². The van der Waals surface area contributed by atoms with Crippen molar-refractivity contribution in [1.29, 1.82) is 0 Å². The van der Waals surface area contributed by atoms with Gasteiger partial charge in [0.25, 0.3) is 0 Å². The first-order chi connectivity index (χ1) is 10.8. The first-order valence-corrected chi connectivity index (χ1v) is 7.06. The molecular formula is C16H17O7-. The zero-order chi connectivity index (χ0) is 17.4. The van der Waals surface area contributed by atoms with E-state index in [0.29, 0.717) is 6.42 Å². The fourth-order valence-corrected chi connectivity index (χ4v) is 1.99. The first kappa shape index (κ1) is 18.3. The summed E-state index contributed by atoms with van der Waals surface area (Å²) in [5.74, 6) is -4.28. The van der Waals surface area contributed by atoms with E-state index in [2.05, 4.69) is 0 Å². The van der Waals surface area contributed by atoms with Crippen LogP contribution in [0.4, 0.5) is 0 Å². The van der Waals surface area contributed by atoms with Gasteiger partial charge in [0.2, 0.25) is 0 Å². The third-order valence-electron chi connectivity index (χ3n) is 3.26. The zero-order valence-electron chi connectivity index (χ0n) is 12.6. The molecule has 0 fully saturated rings. The smallest absolute Gasteiger partial charge is 0.338 e. The van der Waals surface area contributed by atoms with E-state index in [4.69, 9.17) is 9.84 Å². The monoisotopic (exact) mass is 321 g/mol. The summed E-state index contributed by atoms with van der Waals surface area (Å²) in [5.41, 5.74) is -0.397. The summed E-state index contributed by atoms with van der Waals surface area (Å²) < 4.78 is 5.05. The van der Waals surface area contributed by atoms with Crippen LogP contribution in [0.5, 0.6) is 0 Å². The molecule has 0 amide bonds. The molecule has 1 N–H and O–H groups in total. The Kier molecular flexibility index (Phi) is 6.92. The molecule has 1 rings (SSSR count). The lowest BCUT2D eigenvalue weighted by molar-refractivity contribution is -0.255. The van der Waals surface area contributed by atoms with Crippen molar-refractivity contribution in [3.8, 4) is 0 Å². The van der Waals surface area contributed by atoms with Gasteiger partial charge in [0.1, 0.15) is 12.2 Å². The molecule has 0 bridgehead atoms. The number of carboxylic acids is 2. The number of aromatic carboxylic acids is 1. The van der Waals surface area contributed by atoms with Crippen molar-refractivity contribution in [3.05, 3.63) is 35.4 Å². The van der Waals surface area contributed by atoms with E-state index >= 15 is 0 Å². The van der Waals surface area contributed by atoms with Crippen molar-refractivity contribution in [2.75, 3.05) is 6.61 Å². The minimum atomic E-state index is -1.48. The van der Waals surface area contributed by atoms with E-state index in [1.54, 1.807) is 6.92 Å². The van der Waals surface area contributed by atoms with Crippen molar-refractivity contribution in [2.45, 2.75) is 26.2 Å². The third-order valence-corrected chi connectivity index (χ3v) is 3.26. The highest BCUT2D eigenvalue weighted by Crippen LogP contribution is 2.14. The summed E-state index contributed by atoms with van der Waals surface area (Å²) in [6.45, 7) is 1.68. The molecule has 0 aliphatic heterocycles. The van der Waals surface area contributed by atoms with Crippen molar-refractivity contribution < 1.29 is 34.1 Å². The lowest BCUT2D eigenvalue weighted by Gasteiger charge is -2.15. The molecule has 124 valence electrons. The van der Waals surface area contributed by atoms with Crippen molar-refractivity contribution in [1.82, 2.24) is 0 Å². The van der Waals surface area contributed by atoms with Crippen LogP contribution in [-0.2, 0) is 14.3 Å². The molecule has 1 aromatic carbocycles. The van der Waals surface area contributed by atoms with E-state index in [1.165, 1.54) is 24.3 Å². The molecule has 7 nitrogen and oxygen atoms in total. The van der Waals surface area contributed by atoms with Crippen LogP contribution in [-0.4, -0.2) is 35.4 Å². The van der Waals surface area contributed by atoms with E-state index in [-0.39, 0.29) is 30.1 Å². The van der Waals surface area contributed by atoms with E-state index in [1.807, 2.05) is 0 Å². The number of benzene rings is 1. The zero-order valence-corrected chi connectivity index (χ0v) is 12.6. The SMILES string of the molecule is CCC(COC(=O)c1ccccc1C(=O)[O-])CC(=O)CC(=O)O. The minimum Gasteiger partial charge on any atom is -0.545 e. The second-order valence-electron chi connectivity index (χ2n) is 5.02. The Bertz CT molecular complexity index is 606. The fourth-order valence-electron chi connectivity index (χ4n) is 1.99. The average molecular weight is 321 g/mol. The van der Waals surface area contributed by atoms with Gasteiger partial charge in [-0.3, -0.25) is 9.59 Å². The molecule has 0 aliphatic rings. The maximum absolute atomic E-state index is 12.0. The number of esters is 1. The molecule has 23 heavy (non-hydrogen) atoms. The van der Waals surface area contributed by atoms with Gasteiger partial charge >= 0.3 is 11.9 Å². The second kappa shape index (κ2) is 8.67. The number of carbonyl (C=O) groups is 4. The highest BCUT2D eigenvalue weighted by Gasteiger charge is 2.18. The lowest BCUT2D eigenvalue weighted by Crippen LogP contribution is -2.26. The number of aliphatic carboxylic acids is 1. The molecule has 0 saturated carbocycles. The summed E-state index contributed by atoms with van der Waals surface area (Å²) in [7, 11) is 0. The number of hydrogen-bond acceptors (Lipinski definition) is 6. The molecular weight excluding hydrogens is 304 g/mol. The number of ether oxygens (including phenoxy) is 1. The van der Waals surface area contributed by atoms with Gasteiger partial charge in [0, 0.05) is 12.0 Å². The Morgan fingerprint density at radius 3 is 2.30 bits per heavy atom. The molecule has 0 radical (unpaired) electrons. The van der Waals surface area contributed by atoms with E-state index in [0.717, 1.165) is 0 Å². The molecule has 0 aromatic heterocycles. The number of ketones is 1. The van der Waals surface area contributed by atoms with Crippen LogP contribution in [0.15, 0.2) is 24.3 Å². The van der Waals surface area contributed by atoms with Crippen LogP contribution < -0.4 is 5.11 Å². The lowest BCUT2D eigenvalue weighted by atomic mass is 9.99. The van der Waals surface area contributed by atoms with Gasteiger partial charge in [-0.25, -0.2) is 4.79 Å². The van der Waals surface area contributed by atoms with Crippen LogP contribution in [0.2, 0.25) is 0 Å². The molecule has 0 heterocycles. The van der Waals surface area contributed by atoms with Crippen LogP contribution in [0.3, 0.4) is 0 Å². The molecule has 7 heteroatoms. The summed E-state index contributed by atoms with van der Waals surface area (Å²) in [6, 6.07) is 5.50. The maximum atomic E-state index is 12.0. The minimum absolute atomic E-state index is 0.0157. The number of carbonyl (C=O) groups excluding carboxylic acids is 3. The number of rotatable bonds is 9. The van der Waals surface area contributed by atoms with Crippen molar-refractivity contribution in [2.24, 2.45) is 5.92 Å². The molecule has 1 unspecified atom stereocenters. The molecule has 0 saturated heterocycles. The van der Waals surface area contributed by atoms with Crippen molar-refractivity contribution >= 4 is 23.7 Å². The predicted molar refractivity (Wildman–Crippen MR) is 76.7 cm³/mol. The van der Waals surface area contributed by atoms with Gasteiger partial charge in [0.05, 0.1) is 18.1 Å². The van der Waals surface area contributed by atoms with Gasteiger partial charge in [-0.15, -0.1) is 0 Å². The Morgan fingerprint density at radius 2 is 1.78 bits per heavy atom. The Balaban J connectivity index is 2.65. The standard InChI is InChI=1S/C16H18O7/c1-2-10(7-11(17)8-14(18)19)9-23-16(22)13-6-4-3-5-12(13)15(20)21/h3-6,10H,2,7-9H2,1H3,(H,18,19)(H,20,21)/p-1. The second-order valence-corrected chi connectivity index (χ2v) is 5.02. The van der Waals surface area contributed by atoms with E-state index < -0.39 is 30.1 Å². The van der Waals surface area contributed by atoms with Gasteiger partial charge in [-0.05, 0) is 18.4 Å². The molecule has 0 spiro atoms. The summed E-state index contributed by atoms with van der Waals surface area (Å²) in [6.07, 6.45) is -0.0725. The predicted octanol–water partition coefficient (Wildman–Crippen LogP) is 0.667. The van der Waals surface area contributed by atoms with Gasteiger partial charge in [0.15, 0.2) is 0 Å². The Hall–Kier alpha value is -2.70. The van der Waals surface area contributed by atoms with Crippen LogP contribution in [0.1, 0.15) is 46.9 Å². The quantitative estimate of drug-likeness (QED) is 0.524. The fraction of sp³-hybridized carbons (Fsp3) is 0.375. The number of carboxylic acid groups (broad SMARTS) is 2. The van der Waals surface area contributed by atoms with Crippen molar-refractivity contribution in [3.63, 3.8) is 0 Å². The normalized spacial score (nSPS) is 11.5. The van der Waals surface area contributed by atoms with E-state index in [9.17, 15) is 24.3 Å². The first-order valence-electron chi connectivity index (χ1n) is 7.06. The number of hydrogen-bond donors (Lipinski definition) is 1. The largest absolute Gasteiger partial charge is 0.545 e. The molecule has 1 aromatic rings. The highest BCUT2D eigenvalue weighted by atomic mass is 16.5. The van der Waals surface area contributed by atoms with Crippen LogP contribution >= 0.6 is 0 Å². The maximum Gasteiger partial charge on any atom is 0.338 e. The Morgan fingerprint density at radius 1 is 1.17 bits per heavy atom. The molecule has 0 aliphatic carbocycles. The molecule has 1 atom stereocenters. The highest BCUT2D eigenvalue weighted by molar-refractivity contribution is 6.01. The van der Waals surface area contributed by atoms with Gasteiger partial charge in [-0.1, -0.05) is 25.1 Å². The third kappa shape index (κ3) is 5.90.